The molecular weight excluding hydrogens is 211 g/mol. The highest BCUT2D eigenvalue weighted by molar-refractivity contribution is 7.17. The highest BCUT2D eigenvalue weighted by atomic mass is 32.1. The van der Waals surface area contributed by atoms with Crippen LogP contribution in [0.2, 0.25) is 0 Å². The van der Waals surface area contributed by atoms with Gasteiger partial charge in [0, 0.05) is 13.7 Å². The first-order valence-corrected chi connectivity index (χ1v) is 5.84. The molecule has 0 unspecified atom stereocenters. The van der Waals surface area contributed by atoms with Crippen molar-refractivity contribution in [3.05, 3.63) is 35.0 Å². The number of aryl methyl sites for hydroxylation is 1. The lowest BCUT2D eigenvalue weighted by atomic mass is 10.1. The van der Waals surface area contributed by atoms with Crippen LogP contribution in [0.4, 0.5) is 4.39 Å². The van der Waals surface area contributed by atoms with Gasteiger partial charge in [0.25, 0.3) is 0 Å². The van der Waals surface area contributed by atoms with E-state index in [2.05, 4.69) is 0 Å². The maximum atomic E-state index is 13.4. The molecule has 0 radical (unpaired) electrons. The summed E-state index contributed by atoms with van der Waals surface area (Å²) in [6.45, 7) is 0.757. The molecule has 0 aliphatic rings. The summed E-state index contributed by atoms with van der Waals surface area (Å²) in [4.78, 5) is 0. The number of hydrogen-bond acceptors (Lipinski definition) is 2. The second kappa shape index (κ2) is 4.73. The van der Waals surface area contributed by atoms with Gasteiger partial charge in [-0.15, -0.1) is 11.3 Å². The minimum Gasteiger partial charge on any atom is -0.385 e. The predicted octanol–water partition coefficient (Wildman–Crippen LogP) is 3.62. The number of benzene rings is 1. The lowest BCUT2D eigenvalue weighted by Gasteiger charge is -1.99. The van der Waals surface area contributed by atoms with Crippen LogP contribution in [0.1, 0.15) is 12.0 Å². The smallest absolute Gasteiger partial charge is 0.140 e. The molecule has 0 saturated carbocycles. The van der Waals surface area contributed by atoms with Crippen LogP contribution < -0.4 is 0 Å². The van der Waals surface area contributed by atoms with Crippen molar-refractivity contribution in [2.75, 3.05) is 13.7 Å². The number of halogens is 1. The molecule has 2 aromatic rings. The predicted molar refractivity (Wildman–Crippen MR) is 62.0 cm³/mol. The highest BCUT2D eigenvalue weighted by Gasteiger charge is 2.06. The minimum absolute atomic E-state index is 0.115. The third kappa shape index (κ3) is 2.19. The minimum atomic E-state index is -0.115. The van der Waals surface area contributed by atoms with Gasteiger partial charge in [0.15, 0.2) is 0 Å². The van der Waals surface area contributed by atoms with Crippen LogP contribution in [0, 0.1) is 5.82 Å². The van der Waals surface area contributed by atoms with Crippen LogP contribution in [0.15, 0.2) is 23.6 Å². The summed E-state index contributed by atoms with van der Waals surface area (Å²) in [7, 11) is 1.70. The van der Waals surface area contributed by atoms with Crippen molar-refractivity contribution in [3.8, 4) is 0 Å². The molecule has 0 amide bonds. The topological polar surface area (TPSA) is 9.23 Å². The Bertz CT molecular complexity index is 450. The van der Waals surface area contributed by atoms with Crippen molar-refractivity contribution >= 4 is 21.4 Å². The molecule has 80 valence electrons. The van der Waals surface area contributed by atoms with Gasteiger partial charge in [-0.25, -0.2) is 4.39 Å². The van der Waals surface area contributed by atoms with Crippen LogP contribution in [0.3, 0.4) is 0 Å². The molecule has 1 aromatic carbocycles. The van der Waals surface area contributed by atoms with Gasteiger partial charge in [0.2, 0.25) is 0 Å². The van der Waals surface area contributed by atoms with E-state index in [-0.39, 0.29) is 5.82 Å². The summed E-state index contributed by atoms with van der Waals surface area (Å²) >= 11 is 1.48. The Hall–Kier alpha value is -0.930. The van der Waals surface area contributed by atoms with Crippen LogP contribution in [0.25, 0.3) is 10.1 Å². The zero-order valence-electron chi connectivity index (χ0n) is 8.63. The Morgan fingerprint density at radius 1 is 1.40 bits per heavy atom. The Kier molecular flexibility index (Phi) is 3.34. The number of thiophene rings is 1. The standard InChI is InChI=1S/C12H13FOS/c1-14-7-3-4-9-8-15-12-10(9)5-2-6-11(12)13/h2,5-6,8H,3-4,7H2,1H3. The van der Waals surface area contributed by atoms with Gasteiger partial charge in [0.05, 0.1) is 4.70 Å². The maximum Gasteiger partial charge on any atom is 0.140 e. The van der Waals surface area contributed by atoms with Crippen LogP contribution in [0.5, 0.6) is 0 Å². The quantitative estimate of drug-likeness (QED) is 0.721. The Morgan fingerprint density at radius 2 is 2.27 bits per heavy atom. The fourth-order valence-corrected chi connectivity index (χ4v) is 2.69. The van der Waals surface area contributed by atoms with Crippen molar-refractivity contribution in [3.63, 3.8) is 0 Å². The number of ether oxygens (including phenoxy) is 1. The third-order valence-electron chi connectivity index (χ3n) is 2.43. The van der Waals surface area contributed by atoms with Crippen LogP contribution in [-0.2, 0) is 11.2 Å². The van der Waals surface area contributed by atoms with E-state index in [0.29, 0.717) is 0 Å². The molecule has 0 aliphatic heterocycles. The van der Waals surface area contributed by atoms with Gasteiger partial charge in [-0.1, -0.05) is 12.1 Å². The molecular formula is C12H13FOS. The molecule has 1 nitrogen and oxygen atoms in total. The van der Waals surface area contributed by atoms with E-state index in [4.69, 9.17) is 4.74 Å². The molecule has 1 heterocycles. The molecule has 3 heteroatoms. The van der Waals surface area contributed by atoms with E-state index < -0.39 is 0 Å². The summed E-state index contributed by atoms with van der Waals surface area (Å²) in [6, 6.07) is 5.26. The van der Waals surface area contributed by atoms with E-state index in [9.17, 15) is 4.39 Å². The molecule has 0 bridgehead atoms. The molecule has 0 spiro atoms. The number of methoxy groups -OCH3 is 1. The Morgan fingerprint density at radius 3 is 3.07 bits per heavy atom. The summed E-state index contributed by atoms with van der Waals surface area (Å²) in [6.07, 6.45) is 1.94. The number of hydrogen-bond donors (Lipinski definition) is 0. The van der Waals surface area contributed by atoms with E-state index >= 15 is 0 Å². The first-order chi connectivity index (χ1) is 7.33. The maximum absolute atomic E-state index is 13.4. The SMILES string of the molecule is COCCCc1csc2c(F)cccc12. The molecule has 1 aromatic heterocycles. The van der Waals surface area contributed by atoms with Crippen LogP contribution in [-0.4, -0.2) is 13.7 Å². The van der Waals surface area contributed by atoms with Gasteiger partial charge in [-0.3, -0.25) is 0 Å². The normalized spacial score (nSPS) is 11.1. The second-order valence-corrected chi connectivity index (χ2v) is 4.35. The zero-order valence-corrected chi connectivity index (χ0v) is 9.44. The van der Waals surface area contributed by atoms with Crippen molar-refractivity contribution in [1.29, 1.82) is 0 Å². The largest absolute Gasteiger partial charge is 0.385 e. The fraction of sp³-hybridized carbons (Fsp3) is 0.333. The molecule has 15 heavy (non-hydrogen) atoms. The Labute approximate surface area is 92.5 Å². The number of rotatable bonds is 4. The third-order valence-corrected chi connectivity index (χ3v) is 3.48. The van der Waals surface area contributed by atoms with E-state index in [1.807, 2.05) is 11.4 Å². The van der Waals surface area contributed by atoms with Crippen LogP contribution >= 0.6 is 11.3 Å². The van der Waals surface area contributed by atoms with Crippen molar-refractivity contribution in [1.82, 2.24) is 0 Å². The monoisotopic (exact) mass is 224 g/mol. The molecule has 0 atom stereocenters. The van der Waals surface area contributed by atoms with Gasteiger partial charge < -0.3 is 4.74 Å². The van der Waals surface area contributed by atoms with E-state index in [1.165, 1.54) is 23.0 Å². The van der Waals surface area contributed by atoms with Gasteiger partial charge in [-0.2, -0.15) is 0 Å². The molecule has 0 aliphatic carbocycles. The summed E-state index contributed by atoms with van der Waals surface area (Å²) < 4.78 is 19.1. The van der Waals surface area contributed by atoms with Gasteiger partial charge in [-0.05, 0) is 35.2 Å². The first-order valence-electron chi connectivity index (χ1n) is 4.96. The molecule has 0 N–H and O–H groups in total. The summed E-state index contributed by atoms with van der Waals surface area (Å²) in [5.41, 5.74) is 1.23. The second-order valence-electron chi connectivity index (χ2n) is 3.47. The van der Waals surface area contributed by atoms with Crippen molar-refractivity contribution in [2.24, 2.45) is 0 Å². The average Bonchev–Trinajstić information content (AvgIpc) is 2.64. The first kappa shape index (κ1) is 10.6. The number of fused-ring (bicyclic) bond motifs is 1. The van der Waals surface area contributed by atoms with Crippen molar-refractivity contribution < 1.29 is 9.13 Å². The fourth-order valence-electron chi connectivity index (χ4n) is 1.68. The van der Waals surface area contributed by atoms with Gasteiger partial charge in [0.1, 0.15) is 5.82 Å². The van der Waals surface area contributed by atoms with E-state index in [1.54, 1.807) is 13.2 Å². The Balaban J connectivity index is 2.25. The molecule has 2 rings (SSSR count). The van der Waals surface area contributed by atoms with Crippen molar-refractivity contribution in [2.45, 2.75) is 12.8 Å². The van der Waals surface area contributed by atoms with Gasteiger partial charge >= 0.3 is 0 Å². The molecule has 0 fully saturated rings. The summed E-state index contributed by atoms with van der Waals surface area (Å²) in [5.74, 6) is -0.115. The summed E-state index contributed by atoms with van der Waals surface area (Å²) in [5, 5.41) is 3.10. The highest BCUT2D eigenvalue weighted by Crippen LogP contribution is 2.28. The molecule has 0 saturated heterocycles. The average molecular weight is 224 g/mol. The van der Waals surface area contributed by atoms with E-state index in [0.717, 1.165) is 29.5 Å². The lowest BCUT2D eigenvalue weighted by molar-refractivity contribution is 0.195. The zero-order chi connectivity index (χ0) is 10.7. The lowest BCUT2D eigenvalue weighted by Crippen LogP contribution is -1.91.